The Labute approximate surface area is 151 Å². The first kappa shape index (κ1) is 18.3. The van der Waals surface area contributed by atoms with Gasteiger partial charge in [0.2, 0.25) is 5.95 Å². The monoisotopic (exact) mass is 376 g/mol. The highest BCUT2D eigenvalue weighted by atomic mass is 19.4. The van der Waals surface area contributed by atoms with E-state index in [1.807, 2.05) is 0 Å². The van der Waals surface area contributed by atoms with Crippen molar-refractivity contribution in [3.63, 3.8) is 0 Å². The van der Waals surface area contributed by atoms with Gasteiger partial charge in [-0.15, -0.1) is 0 Å². The molecule has 0 aliphatic rings. The minimum atomic E-state index is -4.42. The number of carbonyl (C=O) groups excluding carboxylic acids is 1. The first-order chi connectivity index (χ1) is 12.8. The molecule has 0 saturated heterocycles. The summed E-state index contributed by atoms with van der Waals surface area (Å²) in [5, 5.41) is 5.28. The van der Waals surface area contributed by atoms with E-state index in [0.29, 0.717) is 11.4 Å². The van der Waals surface area contributed by atoms with Crippen molar-refractivity contribution in [3.05, 3.63) is 77.9 Å². The minimum Gasteiger partial charge on any atom is -0.324 e. The van der Waals surface area contributed by atoms with Crippen molar-refractivity contribution in [2.24, 2.45) is 0 Å². The Hall–Kier alpha value is -3.49. The summed E-state index contributed by atoms with van der Waals surface area (Å²) in [5.41, 5.74) is -0.0264. The van der Waals surface area contributed by atoms with Gasteiger partial charge in [-0.2, -0.15) is 13.2 Å². The number of rotatable bonds is 4. The molecule has 2 N–H and O–H groups in total. The number of nitrogens with one attached hydrogen (secondary N) is 2. The van der Waals surface area contributed by atoms with Crippen LogP contribution >= 0.6 is 0 Å². The topological polar surface area (TPSA) is 66.9 Å². The summed E-state index contributed by atoms with van der Waals surface area (Å²) in [5.74, 6) is -0.931. The van der Waals surface area contributed by atoms with Gasteiger partial charge in [0.25, 0.3) is 5.91 Å². The lowest BCUT2D eigenvalue weighted by molar-refractivity contribution is -0.137. The van der Waals surface area contributed by atoms with E-state index in [4.69, 9.17) is 0 Å². The molecule has 0 aliphatic heterocycles. The Morgan fingerprint density at radius 2 is 1.52 bits per heavy atom. The van der Waals surface area contributed by atoms with Crippen LogP contribution in [0.5, 0.6) is 0 Å². The molecule has 1 amide bonds. The zero-order chi connectivity index (χ0) is 19.4. The number of anilines is 3. The van der Waals surface area contributed by atoms with Gasteiger partial charge in [0.05, 0.1) is 5.56 Å². The van der Waals surface area contributed by atoms with Gasteiger partial charge < -0.3 is 10.6 Å². The van der Waals surface area contributed by atoms with E-state index in [9.17, 15) is 22.4 Å². The van der Waals surface area contributed by atoms with E-state index in [1.165, 1.54) is 48.7 Å². The number of hydrogen-bond donors (Lipinski definition) is 2. The highest BCUT2D eigenvalue weighted by Crippen LogP contribution is 2.30. The van der Waals surface area contributed by atoms with Crippen LogP contribution in [-0.2, 0) is 6.18 Å². The molecule has 3 rings (SSSR count). The van der Waals surface area contributed by atoms with E-state index in [1.54, 1.807) is 0 Å². The summed E-state index contributed by atoms with van der Waals surface area (Å²) in [4.78, 5) is 20.2. The number of benzene rings is 2. The first-order valence-electron chi connectivity index (χ1n) is 7.65. The van der Waals surface area contributed by atoms with E-state index in [2.05, 4.69) is 20.6 Å². The van der Waals surface area contributed by atoms with E-state index in [-0.39, 0.29) is 11.6 Å². The number of hydrogen-bond acceptors (Lipinski definition) is 4. The fourth-order valence-electron chi connectivity index (χ4n) is 2.15. The van der Waals surface area contributed by atoms with E-state index >= 15 is 0 Å². The maximum absolute atomic E-state index is 12.9. The Morgan fingerprint density at radius 1 is 0.889 bits per heavy atom. The summed E-state index contributed by atoms with van der Waals surface area (Å²) in [6.07, 6.45) is -3.09. The van der Waals surface area contributed by atoms with E-state index in [0.717, 1.165) is 12.1 Å². The number of carbonyl (C=O) groups is 1. The molecule has 0 unspecified atom stereocenters. The summed E-state index contributed by atoms with van der Waals surface area (Å²) in [6, 6.07) is 10.9. The fraction of sp³-hybridized carbons (Fsp3) is 0.0556. The van der Waals surface area contributed by atoms with Crippen LogP contribution in [0.3, 0.4) is 0 Å². The van der Waals surface area contributed by atoms with Crippen LogP contribution in [-0.4, -0.2) is 15.9 Å². The highest BCUT2D eigenvalue weighted by molar-refractivity contribution is 6.02. The van der Waals surface area contributed by atoms with Crippen LogP contribution in [0.2, 0.25) is 0 Å². The first-order valence-corrected chi connectivity index (χ1v) is 7.65. The van der Waals surface area contributed by atoms with Crippen LogP contribution in [0.15, 0.2) is 60.8 Å². The van der Waals surface area contributed by atoms with Crippen LogP contribution in [0, 0.1) is 5.82 Å². The Balaban J connectivity index is 1.71. The normalized spacial score (nSPS) is 11.1. The maximum Gasteiger partial charge on any atom is 0.416 e. The zero-order valence-corrected chi connectivity index (χ0v) is 13.6. The fourth-order valence-corrected chi connectivity index (χ4v) is 2.15. The summed E-state index contributed by atoms with van der Waals surface area (Å²) >= 11 is 0. The molecule has 0 saturated carbocycles. The molecule has 0 aliphatic carbocycles. The quantitative estimate of drug-likeness (QED) is 0.652. The third kappa shape index (κ3) is 4.78. The van der Waals surface area contributed by atoms with Crippen molar-refractivity contribution in [1.29, 1.82) is 0 Å². The van der Waals surface area contributed by atoms with Gasteiger partial charge in [0, 0.05) is 17.6 Å². The summed E-state index contributed by atoms with van der Waals surface area (Å²) in [7, 11) is 0. The van der Waals surface area contributed by atoms with Crippen molar-refractivity contribution < 1.29 is 22.4 Å². The molecule has 0 spiro atoms. The lowest BCUT2D eigenvalue weighted by Crippen LogP contribution is -2.14. The van der Waals surface area contributed by atoms with Gasteiger partial charge in [-0.05, 0) is 54.6 Å². The molecule has 9 heteroatoms. The van der Waals surface area contributed by atoms with Gasteiger partial charge in [-0.25, -0.2) is 14.4 Å². The minimum absolute atomic E-state index is 0.0312. The number of amides is 1. The van der Waals surface area contributed by atoms with Gasteiger partial charge in [-0.3, -0.25) is 4.79 Å². The molecule has 2 aromatic carbocycles. The van der Waals surface area contributed by atoms with Gasteiger partial charge in [0.15, 0.2) is 0 Å². The second kappa shape index (κ2) is 7.40. The average Bonchev–Trinajstić information content (AvgIpc) is 2.63. The largest absolute Gasteiger partial charge is 0.416 e. The molecule has 1 heterocycles. The number of halogens is 4. The number of aromatic nitrogens is 2. The predicted molar refractivity (Wildman–Crippen MR) is 91.1 cm³/mol. The molecule has 138 valence electrons. The molecule has 27 heavy (non-hydrogen) atoms. The standard InChI is InChI=1S/C18H12F4N4O/c19-12-3-7-13(8-4-12)24-16(27)15-9-10-23-17(26-15)25-14-5-1-11(2-6-14)18(20,21)22/h1-10H,(H,24,27)(H,23,25,26). The lowest BCUT2D eigenvalue weighted by atomic mass is 10.2. The Kier molecular flexibility index (Phi) is 5.02. The smallest absolute Gasteiger partial charge is 0.324 e. The zero-order valence-electron chi connectivity index (χ0n) is 13.6. The molecule has 0 bridgehead atoms. The summed E-state index contributed by atoms with van der Waals surface area (Å²) < 4.78 is 50.6. The van der Waals surface area contributed by atoms with Crippen molar-refractivity contribution in [3.8, 4) is 0 Å². The van der Waals surface area contributed by atoms with E-state index < -0.39 is 23.5 Å². The molecule has 1 aromatic heterocycles. The van der Waals surface area contributed by atoms with Crippen molar-refractivity contribution in [2.45, 2.75) is 6.18 Å². The van der Waals surface area contributed by atoms with Crippen LogP contribution in [0.4, 0.5) is 34.9 Å². The number of alkyl halides is 3. The Morgan fingerprint density at radius 3 is 2.15 bits per heavy atom. The number of nitrogens with zero attached hydrogens (tertiary/aromatic N) is 2. The molecular formula is C18H12F4N4O. The second-order valence-electron chi connectivity index (χ2n) is 5.43. The van der Waals surface area contributed by atoms with Crippen LogP contribution < -0.4 is 10.6 Å². The molecule has 0 atom stereocenters. The van der Waals surface area contributed by atoms with Crippen molar-refractivity contribution in [1.82, 2.24) is 9.97 Å². The van der Waals surface area contributed by atoms with Gasteiger partial charge in [0.1, 0.15) is 11.5 Å². The second-order valence-corrected chi connectivity index (χ2v) is 5.43. The van der Waals surface area contributed by atoms with Crippen LogP contribution in [0.25, 0.3) is 0 Å². The van der Waals surface area contributed by atoms with Gasteiger partial charge in [-0.1, -0.05) is 0 Å². The molecular weight excluding hydrogens is 364 g/mol. The SMILES string of the molecule is O=C(Nc1ccc(F)cc1)c1ccnc(Nc2ccc(C(F)(F)F)cc2)n1. The lowest BCUT2D eigenvalue weighted by Gasteiger charge is -2.09. The highest BCUT2D eigenvalue weighted by Gasteiger charge is 2.29. The third-order valence-electron chi connectivity index (χ3n) is 3.46. The third-order valence-corrected chi connectivity index (χ3v) is 3.46. The van der Waals surface area contributed by atoms with Crippen LogP contribution in [0.1, 0.15) is 16.1 Å². The van der Waals surface area contributed by atoms with Crippen molar-refractivity contribution >= 4 is 23.2 Å². The predicted octanol–water partition coefficient (Wildman–Crippen LogP) is 4.63. The molecule has 0 radical (unpaired) electrons. The Bertz CT molecular complexity index is 941. The molecule has 5 nitrogen and oxygen atoms in total. The maximum atomic E-state index is 12.9. The average molecular weight is 376 g/mol. The van der Waals surface area contributed by atoms with Crippen molar-refractivity contribution in [2.75, 3.05) is 10.6 Å². The molecule has 3 aromatic rings. The molecule has 0 fully saturated rings. The van der Waals surface area contributed by atoms with Gasteiger partial charge >= 0.3 is 6.18 Å². The summed E-state index contributed by atoms with van der Waals surface area (Å²) in [6.45, 7) is 0.